The molecule has 0 amide bonds. The van der Waals surface area contributed by atoms with Crippen molar-refractivity contribution < 1.29 is 13.8 Å². The normalized spacial score (nSPS) is 10.6. The lowest BCUT2D eigenvalue weighted by Crippen LogP contribution is -2.00. The molecule has 0 spiro atoms. The smallest absolute Gasteiger partial charge is 0.259 e. The number of methoxy groups -OCH3 is 1. The van der Waals surface area contributed by atoms with Crippen LogP contribution in [-0.2, 0) is 0 Å². The second kappa shape index (κ2) is 4.48. The molecular formula is C11H8FN5O2. The van der Waals surface area contributed by atoms with E-state index in [-0.39, 0.29) is 23.0 Å². The van der Waals surface area contributed by atoms with Crippen LogP contribution in [0.2, 0.25) is 0 Å². The topological polar surface area (TPSA) is 86.0 Å². The zero-order valence-corrected chi connectivity index (χ0v) is 9.79. The fourth-order valence-corrected chi connectivity index (χ4v) is 1.55. The predicted molar refractivity (Wildman–Crippen MR) is 63.6 cm³/mol. The minimum Gasteiger partial charge on any atom is -0.478 e. The standard InChI is InChI=1S/C11H8FN5O2/c1-18-11-10(13-7-4-2-3-6(12)5-7)14-8-9(15-11)17-19-16-8/h2-5H,1H3,(H,13,14,16). The first-order valence-corrected chi connectivity index (χ1v) is 5.33. The van der Waals surface area contributed by atoms with Crippen molar-refractivity contribution in [1.29, 1.82) is 0 Å². The molecule has 2 aromatic heterocycles. The van der Waals surface area contributed by atoms with E-state index in [4.69, 9.17) is 4.74 Å². The molecule has 0 atom stereocenters. The van der Waals surface area contributed by atoms with Gasteiger partial charge in [0.15, 0.2) is 5.82 Å². The van der Waals surface area contributed by atoms with Crippen LogP contribution in [-0.4, -0.2) is 27.4 Å². The molecule has 0 aliphatic carbocycles. The quantitative estimate of drug-likeness (QED) is 0.770. The molecule has 3 aromatic rings. The summed E-state index contributed by atoms with van der Waals surface area (Å²) in [7, 11) is 1.44. The van der Waals surface area contributed by atoms with Gasteiger partial charge in [-0.1, -0.05) is 6.07 Å². The van der Waals surface area contributed by atoms with Gasteiger partial charge < -0.3 is 10.1 Å². The maximum atomic E-state index is 13.1. The average molecular weight is 261 g/mol. The van der Waals surface area contributed by atoms with Crippen molar-refractivity contribution in [2.75, 3.05) is 12.4 Å². The van der Waals surface area contributed by atoms with E-state index >= 15 is 0 Å². The Kier molecular flexibility index (Phi) is 2.67. The molecule has 0 saturated heterocycles. The third-order valence-electron chi connectivity index (χ3n) is 2.36. The first-order chi connectivity index (χ1) is 9.26. The number of halogens is 1. The van der Waals surface area contributed by atoms with Crippen LogP contribution in [0.1, 0.15) is 0 Å². The third-order valence-corrected chi connectivity index (χ3v) is 2.36. The van der Waals surface area contributed by atoms with Crippen LogP contribution >= 0.6 is 0 Å². The maximum absolute atomic E-state index is 13.1. The van der Waals surface area contributed by atoms with Crippen LogP contribution in [0.15, 0.2) is 28.9 Å². The average Bonchev–Trinajstić information content (AvgIpc) is 2.85. The molecule has 8 heteroatoms. The van der Waals surface area contributed by atoms with E-state index in [9.17, 15) is 4.39 Å². The highest BCUT2D eigenvalue weighted by Crippen LogP contribution is 2.25. The fraction of sp³-hybridized carbons (Fsp3) is 0.0909. The Bertz CT molecular complexity index is 730. The first kappa shape index (κ1) is 11.3. The van der Waals surface area contributed by atoms with E-state index in [1.807, 2.05) is 0 Å². The van der Waals surface area contributed by atoms with E-state index in [0.717, 1.165) is 0 Å². The molecule has 7 nitrogen and oxygen atoms in total. The van der Waals surface area contributed by atoms with Gasteiger partial charge in [0.1, 0.15) is 5.82 Å². The molecular weight excluding hydrogens is 253 g/mol. The molecule has 1 N–H and O–H groups in total. The molecule has 0 fully saturated rings. The van der Waals surface area contributed by atoms with Gasteiger partial charge in [-0.2, -0.15) is 9.97 Å². The van der Waals surface area contributed by atoms with Gasteiger partial charge in [-0.3, -0.25) is 0 Å². The summed E-state index contributed by atoms with van der Waals surface area (Å²) >= 11 is 0. The lowest BCUT2D eigenvalue weighted by molar-refractivity contribution is 0.313. The highest BCUT2D eigenvalue weighted by molar-refractivity contribution is 5.71. The number of rotatable bonds is 3. The summed E-state index contributed by atoms with van der Waals surface area (Å²) in [6.07, 6.45) is 0. The molecule has 19 heavy (non-hydrogen) atoms. The van der Waals surface area contributed by atoms with Gasteiger partial charge in [0.25, 0.3) is 5.88 Å². The van der Waals surface area contributed by atoms with Crippen LogP contribution in [0, 0.1) is 5.82 Å². The highest BCUT2D eigenvalue weighted by Gasteiger charge is 2.13. The third kappa shape index (κ3) is 2.15. The monoisotopic (exact) mass is 261 g/mol. The Morgan fingerprint density at radius 2 is 2.00 bits per heavy atom. The number of fused-ring (bicyclic) bond motifs is 1. The van der Waals surface area contributed by atoms with Gasteiger partial charge in [-0.05, 0) is 28.5 Å². The van der Waals surface area contributed by atoms with E-state index in [2.05, 4.69) is 30.2 Å². The number of ether oxygens (including phenoxy) is 1. The molecule has 96 valence electrons. The minimum atomic E-state index is -0.360. The lowest BCUT2D eigenvalue weighted by Gasteiger charge is -2.08. The number of nitrogens with zero attached hydrogens (tertiary/aromatic N) is 4. The minimum absolute atomic E-state index is 0.215. The number of hydrogen-bond acceptors (Lipinski definition) is 7. The van der Waals surface area contributed by atoms with Crippen LogP contribution in [0.5, 0.6) is 5.88 Å². The number of anilines is 2. The maximum Gasteiger partial charge on any atom is 0.259 e. The molecule has 0 radical (unpaired) electrons. The molecule has 0 bridgehead atoms. The Morgan fingerprint density at radius 1 is 1.21 bits per heavy atom. The van der Waals surface area contributed by atoms with Crippen molar-refractivity contribution >= 4 is 22.8 Å². The Morgan fingerprint density at radius 3 is 2.74 bits per heavy atom. The summed E-state index contributed by atoms with van der Waals surface area (Å²) in [6, 6.07) is 5.94. The van der Waals surface area contributed by atoms with Crippen LogP contribution in [0.3, 0.4) is 0 Å². The second-order valence-corrected chi connectivity index (χ2v) is 3.63. The number of hydrogen-bond donors (Lipinski definition) is 1. The van der Waals surface area contributed by atoms with Crippen LogP contribution in [0.4, 0.5) is 15.9 Å². The van der Waals surface area contributed by atoms with Gasteiger partial charge in [0.05, 0.1) is 7.11 Å². The molecule has 0 aliphatic rings. The zero-order valence-electron chi connectivity index (χ0n) is 9.79. The lowest BCUT2D eigenvalue weighted by atomic mass is 10.3. The van der Waals surface area contributed by atoms with Crippen molar-refractivity contribution in [1.82, 2.24) is 20.3 Å². The SMILES string of the molecule is COc1nc2nonc2nc1Nc1cccc(F)c1. The largest absolute Gasteiger partial charge is 0.478 e. The molecule has 3 rings (SSSR count). The summed E-state index contributed by atoms with van der Waals surface area (Å²) in [5, 5.41) is 10.0. The Labute approximate surface area is 106 Å². The van der Waals surface area contributed by atoms with Gasteiger partial charge in [0.2, 0.25) is 11.3 Å². The van der Waals surface area contributed by atoms with Gasteiger partial charge in [-0.15, -0.1) is 0 Å². The number of aromatic nitrogens is 4. The summed E-state index contributed by atoms with van der Waals surface area (Å²) < 4.78 is 22.7. The van der Waals surface area contributed by atoms with E-state index < -0.39 is 0 Å². The molecule has 0 saturated carbocycles. The molecule has 2 heterocycles. The van der Waals surface area contributed by atoms with Crippen molar-refractivity contribution in [3.8, 4) is 5.88 Å². The first-order valence-electron chi connectivity index (χ1n) is 5.33. The second-order valence-electron chi connectivity index (χ2n) is 3.63. The molecule has 1 aromatic carbocycles. The summed E-state index contributed by atoms with van der Waals surface area (Å²) in [5.74, 6) is 0.157. The van der Waals surface area contributed by atoms with Crippen molar-refractivity contribution in [2.45, 2.75) is 0 Å². The van der Waals surface area contributed by atoms with Crippen molar-refractivity contribution in [3.63, 3.8) is 0 Å². The molecule has 0 aliphatic heterocycles. The summed E-state index contributed by atoms with van der Waals surface area (Å²) in [4.78, 5) is 8.21. The van der Waals surface area contributed by atoms with Gasteiger partial charge in [0, 0.05) is 5.69 Å². The van der Waals surface area contributed by atoms with Crippen LogP contribution < -0.4 is 10.1 Å². The predicted octanol–water partition coefficient (Wildman–Crippen LogP) is 1.90. The van der Waals surface area contributed by atoms with E-state index in [1.165, 1.54) is 19.2 Å². The van der Waals surface area contributed by atoms with Gasteiger partial charge in [-0.25, -0.2) is 9.02 Å². The highest BCUT2D eigenvalue weighted by atomic mass is 19.1. The summed E-state index contributed by atoms with van der Waals surface area (Å²) in [5.41, 5.74) is 0.991. The van der Waals surface area contributed by atoms with E-state index in [1.54, 1.807) is 12.1 Å². The van der Waals surface area contributed by atoms with Crippen molar-refractivity contribution in [2.24, 2.45) is 0 Å². The Hall–Kier alpha value is -2.77. The fourth-order valence-electron chi connectivity index (χ4n) is 1.55. The van der Waals surface area contributed by atoms with Crippen molar-refractivity contribution in [3.05, 3.63) is 30.1 Å². The van der Waals surface area contributed by atoms with Gasteiger partial charge >= 0.3 is 0 Å². The zero-order chi connectivity index (χ0) is 13.2. The van der Waals surface area contributed by atoms with E-state index in [0.29, 0.717) is 11.5 Å². The Balaban J connectivity index is 2.03. The summed E-state index contributed by atoms with van der Waals surface area (Å²) in [6.45, 7) is 0. The van der Waals surface area contributed by atoms with Crippen LogP contribution in [0.25, 0.3) is 11.3 Å². The number of benzene rings is 1. The molecule has 0 unspecified atom stereocenters. The number of nitrogens with one attached hydrogen (secondary N) is 1.